The van der Waals surface area contributed by atoms with E-state index < -0.39 is 0 Å². The highest BCUT2D eigenvalue weighted by molar-refractivity contribution is 7.98. The maximum atomic E-state index is 12.0. The lowest BCUT2D eigenvalue weighted by Crippen LogP contribution is -2.08. The molecule has 6 heteroatoms. The Morgan fingerprint density at radius 2 is 1.77 bits per heavy atom. The van der Waals surface area contributed by atoms with Crippen molar-refractivity contribution in [1.82, 2.24) is 4.98 Å². The number of hydrogen-bond acceptors (Lipinski definition) is 2. The molecule has 0 spiro atoms. The molecule has 3 rings (SSSR count). The van der Waals surface area contributed by atoms with E-state index in [9.17, 15) is 4.79 Å². The summed E-state index contributed by atoms with van der Waals surface area (Å²) >= 11 is 19.8. The quantitative estimate of drug-likeness (QED) is 0.593. The number of H-pyrrole nitrogens is 1. The third-order valence-electron chi connectivity index (χ3n) is 3.22. The largest absolute Gasteiger partial charge is 0.315 e. The van der Waals surface area contributed by atoms with Crippen molar-refractivity contribution >= 4 is 57.3 Å². The molecule has 1 N–H and O–H groups in total. The van der Waals surface area contributed by atoms with Crippen LogP contribution in [-0.2, 0) is 5.75 Å². The molecular formula is C16H10Cl3NOS. The van der Waals surface area contributed by atoms with Gasteiger partial charge in [-0.05, 0) is 23.8 Å². The Kier molecular flexibility index (Phi) is 4.69. The van der Waals surface area contributed by atoms with Gasteiger partial charge in [-0.15, -0.1) is 11.8 Å². The molecular weight excluding hydrogens is 361 g/mol. The standard InChI is InChI=1S/C16H10Cl3NOS/c17-10-5-6-11-12(7-10)16(20-15(21)14(11)19)22-8-9-3-1-2-4-13(9)18/h1-7H,8H2,(H,20,21). The molecule has 0 aliphatic rings. The van der Waals surface area contributed by atoms with Gasteiger partial charge in [0.25, 0.3) is 5.56 Å². The number of hydrogen-bond donors (Lipinski definition) is 1. The van der Waals surface area contributed by atoms with E-state index in [0.717, 1.165) is 16.0 Å². The molecule has 0 amide bonds. The van der Waals surface area contributed by atoms with Crippen molar-refractivity contribution in [2.24, 2.45) is 0 Å². The fourth-order valence-corrected chi connectivity index (χ4v) is 3.83. The van der Waals surface area contributed by atoms with Crippen LogP contribution in [0.25, 0.3) is 10.8 Å². The van der Waals surface area contributed by atoms with E-state index in [-0.39, 0.29) is 10.6 Å². The number of fused-ring (bicyclic) bond motifs is 1. The summed E-state index contributed by atoms with van der Waals surface area (Å²) in [5, 5.41) is 3.72. The highest BCUT2D eigenvalue weighted by Gasteiger charge is 2.11. The smallest absolute Gasteiger partial charge is 0.268 e. The van der Waals surface area contributed by atoms with Crippen molar-refractivity contribution in [2.45, 2.75) is 10.8 Å². The zero-order chi connectivity index (χ0) is 15.7. The third kappa shape index (κ3) is 3.13. The molecule has 1 heterocycles. The summed E-state index contributed by atoms with van der Waals surface area (Å²) in [6, 6.07) is 12.9. The van der Waals surface area contributed by atoms with Crippen LogP contribution in [0.5, 0.6) is 0 Å². The molecule has 0 saturated carbocycles. The summed E-state index contributed by atoms with van der Waals surface area (Å²) in [4.78, 5) is 14.8. The Hall–Kier alpha value is -1.13. The van der Waals surface area contributed by atoms with Gasteiger partial charge in [0.1, 0.15) is 5.02 Å². The minimum atomic E-state index is -0.307. The first-order chi connectivity index (χ1) is 10.6. The Bertz CT molecular complexity index is 908. The van der Waals surface area contributed by atoms with Crippen LogP contribution in [0.1, 0.15) is 5.56 Å². The molecule has 2 aromatic carbocycles. The predicted molar refractivity (Wildman–Crippen MR) is 95.6 cm³/mol. The summed E-state index contributed by atoms with van der Waals surface area (Å²) in [5.41, 5.74) is 0.693. The molecule has 112 valence electrons. The van der Waals surface area contributed by atoms with Crippen molar-refractivity contribution in [1.29, 1.82) is 0 Å². The van der Waals surface area contributed by atoms with Crippen LogP contribution < -0.4 is 5.56 Å². The van der Waals surface area contributed by atoms with Gasteiger partial charge in [0.15, 0.2) is 0 Å². The van der Waals surface area contributed by atoms with E-state index in [4.69, 9.17) is 34.8 Å². The van der Waals surface area contributed by atoms with Crippen LogP contribution in [0.2, 0.25) is 15.1 Å². The number of aromatic nitrogens is 1. The molecule has 0 unspecified atom stereocenters. The van der Waals surface area contributed by atoms with Crippen molar-refractivity contribution in [3.63, 3.8) is 0 Å². The summed E-state index contributed by atoms with van der Waals surface area (Å²) in [6.07, 6.45) is 0. The Balaban J connectivity index is 2.04. The van der Waals surface area contributed by atoms with Crippen LogP contribution in [0, 0.1) is 0 Å². The fourth-order valence-electron chi connectivity index (χ4n) is 2.12. The zero-order valence-electron chi connectivity index (χ0n) is 11.2. The first-order valence-corrected chi connectivity index (χ1v) is 8.55. The molecule has 3 aromatic rings. The Morgan fingerprint density at radius 1 is 1.00 bits per heavy atom. The zero-order valence-corrected chi connectivity index (χ0v) is 14.3. The van der Waals surface area contributed by atoms with E-state index in [1.165, 1.54) is 11.8 Å². The molecule has 2 nitrogen and oxygen atoms in total. The number of aromatic amines is 1. The summed E-state index contributed by atoms with van der Waals surface area (Å²) in [6.45, 7) is 0. The number of pyridine rings is 1. The van der Waals surface area contributed by atoms with Crippen LogP contribution in [0.4, 0.5) is 0 Å². The van der Waals surface area contributed by atoms with Crippen molar-refractivity contribution in [3.05, 3.63) is 73.4 Å². The van der Waals surface area contributed by atoms with Crippen LogP contribution in [0.15, 0.2) is 52.3 Å². The summed E-state index contributed by atoms with van der Waals surface area (Å²) < 4.78 is 0. The fraction of sp³-hybridized carbons (Fsp3) is 0.0625. The number of nitrogens with one attached hydrogen (secondary N) is 1. The number of halogens is 3. The van der Waals surface area contributed by atoms with Crippen LogP contribution in [-0.4, -0.2) is 4.98 Å². The van der Waals surface area contributed by atoms with Crippen molar-refractivity contribution in [2.75, 3.05) is 0 Å². The van der Waals surface area contributed by atoms with Crippen molar-refractivity contribution in [3.8, 4) is 0 Å². The van der Waals surface area contributed by atoms with Gasteiger partial charge in [-0.25, -0.2) is 0 Å². The topological polar surface area (TPSA) is 32.9 Å². The van der Waals surface area contributed by atoms with Gasteiger partial charge in [-0.3, -0.25) is 4.79 Å². The lowest BCUT2D eigenvalue weighted by atomic mass is 10.2. The van der Waals surface area contributed by atoms with Crippen LogP contribution >= 0.6 is 46.6 Å². The minimum absolute atomic E-state index is 0.175. The second-order valence-corrected chi connectivity index (χ2v) is 6.87. The maximum Gasteiger partial charge on any atom is 0.268 e. The van der Waals surface area contributed by atoms with Crippen LogP contribution in [0.3, 0.4) is 0 Å². The normalized spacial score (nSPS) is 11.0. The average molecular weight is 371 g/mol. The van der Waals surface area contributed by atoms with Gasteiger partial charge >= 0.3 is 0 Å². The van der Waals surface area contributed by atoms with Gasteiger partial charge < -0.3 is 4.98 Å². The van der Waals surface area contributed by atoms with Gasteiger partial charge in [0.05, 0.1) is 5.03 Å². The lowest BCUT2D eigenvalue weighted by Gasteiger charge is -2.09. The first-order valence-electron chi connectivity index (χ1n) is 6.43. The molecule has 0 radical (unpaired) electrons. The van der Waals surface area contributed by atoms with Gasteiger partial charge in [0.2, 0.25) is 0 Å². The second-order valence-electron chi connectivity index (χ2n) is 4.67. The number of thioether (sulfide) groups is 1. The van der Waals surface area contributed by atoms with E-state index in [1.54, 1.807) is 18.2 Å². The number of rotatable bonds is 3. The summed E-state index contributed by atoms with van der Waals surface area (Å²) in [5.74, 6) is 0.638. The minimum Gasteiger partial charge on any atom is -0.315 e. The first kappa shape index (κ1) is 15.8. The average Bonchev–Trinajstić information content (AvgIpc) is 2.51. The van der Waals surface area contributed by atoms with E-state index >= 15 is 0 Å². The molecule has 0 atom stereocenters. The lowest BCUT2D eigenvalue weighted by molar-refractivity contribution is 1.11. The Labute approximate surface area is 146 Å². The SMILES string of the molecule is O=c1[nH]c(SCc2ccccc2Cl)c2cc(Cl)ccc2c1Cl. The molecule has 0 saturated heterocycles. The molecule has 0 fully saturated rings. The summed E-state index contributed by atoms with van der Waals surface area (Å²) in [7, 11) is 0. The van der Waals surface area contributed by atoms with Gasteiger partial charge in [0, 0.05) is 26.6 Å². The monoisotopic (exact) mass is 369 g/mol. The van der Waals surface area contributed by atoms with E-state index in [2.05, 4.69) is 4.98 Å². The Morgan fingerprint density at radius 3 is 2.55 bits per heavy atom. The molecule has 1 aromatic heterocycles. The van der Waals surface area contributed by atoms with E-state index in [0.29, 0.717) is 21.2 Å². The third-order valence-corrected chi connectivity index (χ3v) is 5.26. The van der Waals surface area contributed by atoms with Crippen molar-refractivity contribution < 1.29 is 0 Å². The van der Waals surface area contributed by atoms with Gasteiger partial charge in [-0.1, -0.05) is 59.1 Å². The molecule has 0 aliphatic carbocycles. The number of benzene rings is 2. The molecule has 0 aliphatic heterocycles. The molecule has 22 heavy (non-hydrogen) atoms. The second kappa shape index (κ2) is 6.55. The predicted octanol–water partition coefficient (Wildman–Crippen LogP) is 5.78. The van der Waals surface area contributed by atoms with E-state index in [1.807, 2.05) is 24.3 Å². The highest BCUT2D eigenvalue weighted by atomic mass is 35.5. The molecule has 0 bridgehead atoms. The highest BCUT2D eigenvalue weighted by Crippen LogP contribution is 2.33. The maximum absolute atomic E-state index is 12.0. The van der Waals surface area contributed by atoms with Gasteiger partial charge in [-0.2, -0.15) is 0 Å².